The lowest BCUT2D eigenvalue weighted by atomic mass is 10.1. The molecule has 0 aromatic carbocycles. The molecule has 0 aliphatic carbocycles. The van der Waals surface area contributed by atoms with Gasteiger partial charge in [-0.3, -0.25) is 0 Å². The third-order valence-corrected chi connectivity index (χ3v) is 2.90. The van der Waals surface area contributed by atoms with E-state index in [2.05, 4.69) is 41.2 Å². The summed E-state index contributed by atoms with van der Waals surface area (Å²) in [4.78, 5) is 2.13. The summed E-state index contributed by atoms with van der Waals surface area (Å²) < 4.78 is 0. The van der Waals surface area contributed by atoms with Crippen molar-refractivity contribution in [2.24, 2.45) is 0 Å². The van der Waals surface area contributed by atoms with Crippen molar-refractivity contribution in [1.29, 1.82) is 0 Å². The Morgan fingerprint density at radius 1 is 1.33 bits per heavy atom. The summed E-state index contributed by atoms with van der Waals surface area (Å²) in [6, 6.07) is 0. The van der Waals surface area contributed by atoms with Crippen LogP contribution in [0.4, 0.5) is 5.13 Å². The highest BCUT2D eigenvalue weighted by atomic mass is 32.1. The molecule has 5 heteroatoms. The minimum Gasteiger partial charge on any atom is -0.348 e. The minimum absolute atomic E-state index is 0.178. The number of likely N-dealkylation sites (N-methyl/N-ethyl adjacent to an activating group) is 1. The Morgan fingerprint density at radius 3 is 2.47 bits per heavy atom. The molecular formula is C10H20N4S. The van der Waals surface area contributed by atoms with Crippen LogP contribution in [0.2, 0.25) is 0 Å². The van der Waals surface area contributed by atoms with Gasteiger partial charge >= 0.3 is 0 Å². The van der Waals surface area contributed by atoms with Crippen LogP contribution < -0.4 is 10.2 Å². The van der Waals surface area contributed by atoms with Gasteiger partial charge in [0.05, 0.1) is 0 Å². The summed E-state index contributed by atoms with van der Waals surface area (Å²) >= 11 is 1.63. The van der Waals surface area contributed by atoms with E-state index in [9.17, 15) is 0 Å². The Labute approximate surface area is 95.7 Å². The average Bonchev–Trinajstić information content (AvgIpc) is 2.49. The monoisotopic (exact) mass is 228 g/mol. The van der Waals surface area contributed by atoms with Crippen molar-refractivity contribution in [2.75, 3.05) is 25.0 Å². The molecule has 86 valence electrons. The number of aromatic nitrogens is 2. The molecule has 15 heavy (non-hydrogen) atoms. The Hall–Kier alpha value is -0.680. The van der Waals surface area contributed by atoms with Gasteiger partial charge < -0.3 is 10.2 Å². The van der Waals surface area contributed by atoms with E-state index >= 15 is 0 Å². The van der Waals surface area contributed by atoms with E-state index in [0.717, 1.165) is 23.2 Å². The van der Waals surface area contributed by atoms with Crippen molar-refractivity contribution < 1.29 is 0 Å². The van der Waals surface area contributed by atoms with E-state index in [1.165, 1.54) is 0 Å². The van der Waals surface area contributed by atoms with Crippen molar-refractivity contribution in [3.63, 3.8) is 0 Å². The first kappa shape index (κ1) is 12.4. The molecule has 0 amide bonds. The number of rotatable bonds is 4. The van der Waals surface area contributed by atoms with Gasteiger partial charge in [0, 0.05) is 25.7 Å². The molecule has 0 radical (unpaired) electrons. The van der Waals surface area contributed by atoms with Crippen LogP contribution in [0, 0.1) is 6.92 Å². The number of hydrogen-bond donors (Lipinski definition) is 1. The van der Waals surface area contributed by atoms with E-state index in [1.54, 1.807) is 11.3 Å². The first-order chi connectivity index (χ1) is 6.88. The van der Waals surface area contributed by atoms with Crippen LogP contribution in [0.15, 0.2) is 0 Å². The fourth-order valence-corrected chi connectivity index (χ4v) is 1.81. The fourth-order valence-electron chi connectivity index (χ4n) is 1.13. The molecule has 1 rings (SSSR count). The molecule has 1 aromatic heterocycles. The van der Waals surface area contributed by atoms with Crippen LogP contribution in [0.5, 0.6) is 0 Å². The van der Waals surface area contributed by atoms with Crippen molar-refractivity contribution in [1.82, 2.24) is 15.5 Å². The topological polar surface area (TPSA) is 41.1 Å². The molecule has 0 saturated heterocycles. The predicted molar refractivity (Wildman–Crippen MR) is 65.7 cm³/mol. The maximum absolute atomic E-state index is 4.10. The van der Waals surface area contributed by atoms with E-state index in [4.69, 9.17) is 0 Å². The molecule has 1 heterocycles. The summed E-state index contributed by atoms with van der Waals surface area (Å²) in [5.74, 6) is 0. The molecule has 0 atom stereocenters. The molecule has 1 aromatic rings. The second-order valence-corrected chi connectivity index (χ2v) is 5.86. The Balaban J connectivity index is 2.34. The van der Waals surface area contributed by atoms with Gasteiger partial charge in [0.1, 0.15) is 5.01 Å². The zero-order valence-corrected chi connectivity index (χ0v) is 11.0. The second kappa shape index (κ2) is 4.90. The Morgan fingerprint density at radius 2 is 2.00 bits per heavy atom. The van der Waals surface area contributed by atoms with Crippen LogP contribution in [0.25, 0.3) is 0 Å². The van der Waals surface area contributed by atoms with Crippen LogP contribution in [-0.2, 0) is 0 Å². The predicted octanol–water partition coefficient (Wildman–Crippen LogP) is 1.67. The first-order valence-electron chi connectivity index (χ1n) is 5.15. The molecule has 0 spiro atoms. The molecule has 0 saturated carbocycles. The summed E-state index contributed by atoms with van der Waals surface area (Å²) in [6.45, 7) is 10.4. The summed E-state index contributed by atoms with van der Waals surface area (Å²) in [7, 11) is 2.05. The van der Waals surface area contributed by atoms with Crippen LogP contribution >= 0.6 is 11.3 Å². The average molecular weight is 228 g/mol. The van der Waals surface area contributed by atoms with Gasteiger partial charge in [0.2, 0.25) is 5.13 Å². The van der Waals surface area contributed by atoms with E-state index in [1.807, 2.05) is 14.0 Å². The first-order valence-corrected chi connectivity index (χ1v) is 5.96. The van der Waals surface area contributed by atoms with Gasteiger partial charge in [-0.2, -0.15) is 0 Å². The fraction of sp³-hybridized carbons (Fsp3) is 0.800. The highest BCUT2D eigenvalue weighted by Crippen LogP contribution is 2.17. The Kier molecular flexibility index (Phi) is 4.04. The van der Waals surface area contributed by atoms with Gasteiger partial charge in [-0.1, -0.05) is 11.3 Å². The summed E-state index contributed by atoms with van der Waals surface area (Å²) in [5.41, 5.74) is 0.178. The number of nitrogens with zero attached hydrogens (tertiary/aromatic N) is 3. The van der Waals surface area contributed by atoms with Gasteiger partial charge in [-0.25, -0.2) is 0 Å². The maximum atomic E-state index is 4.10. The number of nitrogens with one attached hydrogen (secondary N) is 1. The lowest BCUT2D eigenvalue weighted by molar-refractivity contribution is 0.431. The van der Waals surface area contributed by atoms with Crippen molar-refractivity contribution in [3.8, 4) is 0 Å². The van der Waals surface area contributed by atoms with Crippen LogP contribution in [-0.4, -0.2) is 35.9 Å². The van der Waals surface area contributed by atoms with E-state index in [0.29, 0.717) is 0 Å². The molecule has 4 nitrogen and oxygen atoms in total. The largest absolute Gasteiger partial charge is 0.348 e. The van der Waals surface area contributed by atoms with E-state index < -0.39 is 0 Å². The van der Waals surface area contributed by atoms with Crippen molar-refractivity contribution in [2.45, 2.75) is 33.2 Å². The third-order valence-electron chi connectivity index (χ3n) is 1.94. The zero-order chi connectivity index (χ0) is 11.5. The molecule has 1 N–H and O–H groups in total. The molecule has 0 aliphatic rings. The standard InChI is InChI=1S/C10H20N4S/c1-8-12-13-9(15-8)14(5)7-6-11-10(2,3)4/h11H,6-7H2,1-5H3. The lowest BCUT2D eigenvalue weighted by Gasteiger charge is -2.23. The Bertz CT molecular complexity index is 303. The molecule has 0 aliphatic heterocycles. The normalized spacial score (nSPS) is 11.8. The third kappa shape index (κ3) is 4.57. The minimum atomic E-state index is 0.178. The van der Waals surface area contributed by atoms with E-state index in [-0.39, 0.29) is 5.54 Å². The second-order valence-electron chi connectivity index (χ2n) is 4.70. The molecule has 0 unspecified atom stereocenters. The summed E-state index contributed by atoms with van der Waals surface area (Å²) in [6.07, 6.45) is 0. The highest BCUT2D eigenvalue weighted by Gasteiger charge is 2.10. The van der Waals surface area contributed by atoms with Crippen LogP contribution in [0.3, 0.4) is 0 Å². The maximum Gasteiger partial charge on any atom is 0.208 e. The molecule has 0 bridgehead atoms. The number of hydrogen-bond acceptors (Lipinski definition) is 5. The quantitative estimate of drug-likeness (QED) is 0.851. The zero-order valence-electron chi connectivity index (χ0n) is 10.2. The number of aryl methyl sites for hydroxylation is 1. The molecule has 0 fully saturated rings. The summed E-state index contributed by atoms with van der Waals surface area (Å²) in [5, 5.41) is 13.5. The van der Waals surface area contributed by atoms with Gasteiger partial charge in [0.25, 0.3) is 0 Å². The van der Waals surface area contributed by atoms with Crippen LogP contribution in [0.1, 0.15) is 25.8 Å². The highest BCUT2D eigenvalue weighted by molar-refractivity contribution is 7.15. The van der Waals surface area contributed by atoms with Crippen molar-refractivity contribution in [3.05, 3.63) is 5.01 Å². The van der Waals surface area contributed by atoms with Gasteiger partial charge in [-0.15, -0.1) is 10.2 Å². The van der Waals surface area contributed by atoms with Gasteiger partial charge in [0.15, 0.2) is 0 Å². The number of anilines is 1. The lowest BCUT2D eigenvalue weighted by Crippen LogP contribution is -2.40. The SMILES string of the molecule is Cc1nnc(N(C)CCNC(C)(C)C)s1. The van der Waals surface area contributed by atoms with Crippen molar-refractivity contribution >= 4 is 16.5 Å². The van der Waals surface area contributed by atoms with Gasteiger partial charge in [-0.05, 0) is 27.7 Å². The molecular weight excluding hydrogens is 208 g/mol. The smallest absolute Gasteiger partial charge is 0.208 e.